The average Bonchev–Trinajstić information content (AvgIpc) is 2.79. The summed E-state index contributed by atoms with van der Waals surface area (Å²) in [7, 11) is 0. The van der Waals surface area contributed by atoms with Crippen molar-refractivity contribution in [3.63, 3.8) is 0 Å². The number of benzene rings is 3. The zero-order valence-corrected chi connectivity index (χ0v) is 19.0. The number of barbiturate groups is 1. The first-order valence-electron chi connectivity index (χ1n) is 9.97. The first-order chi connectivity index (χ1) is 15.8. The molecule has 0 spiro atoms. The molecule has 0 unspecified atom stereocenters. The molecule has 166 valence electrons. The summed E-state index contributed by atoms with van der Waals surface area (Å²) in [5, 5.41) is 3.21. The van der Waals surface area contributed by atoms with Crippen LogP contribution in [0.2, 0.25) is 10.0 Å². The summed E-state index contributed by atoms with van der Waals surface area (Å²) in [6, 6.07) is 18.2. The normalized spacial score (nSPS) is 15.1. The van der Waals surface area contributed by atoms with Crippen molar-refractivity contribution in [2.75, 3.05) is 4.90 Å². The van der Waals surface area contributed by atoms with E-state index in [1.807, 2.05) is 12.1 Å². The summed E-state index contributed by atoms with van der Waals surface area (Å²) in [5.41, 5.74) is 2.18. The maximum atomic E-state index is 13.2. The quantitative estimate of drug-likeness (QED) is 0.383. The lowest BCUT2D eigenvalue weighted by molar-refractivity contribution is -0.122. The largest absolute Gasteiger partial charge is 0.488 e. The Morgan fingerprint density at radius 2 is 1.64 bits per heavy atom. The van der Waals surface area contributed by atoms with Gasteiger partial charge in [0, 0.05) is 15.6 Å². The Balaban J connectivity index is 1.66. The molecule has 0 radical (unpaired) electrons. The van der Waals surface area contributed by atoms with E-state index < -0.39 is 17.8 Å². The SMILES string of the molecule is Cc1ccc(Cl)cc1N1C(=O)NC(=O)/C(=C\c2ccccc2OCc2ccc(Cl)cc2)C1=O. The van der Waals surface area contributed by atoms with E-state index in [4.69, 9.17) is 27.9 Å². The molecule has 8 heteroatoms. The molecule has 6 nitrogen and oxygen atoms in total. The van der Waals surface area contributed by atoms with Gasteiger partial charge in [0.2, 0.25) is 0 Å². The van der Waals surface area contributed by atoms with Crippen LogP contribution in [-0.4, -0.2) is 17.8 Å². The van der Waals surface area contributed by atoms with Crippen molar-refractivity contribution in [2.45, 2.75) is 13.5 Å². The monoisotopic (exact) mass is 480 g/mol. The summed E-state index contributed by atoms with van der Waals surface area (Å²) in [4.78, 5) is 39.2. The molecule has 1 N–H and O–H groups in total. The van der Waals surface area contributed by atoms with Gasteiger partial charge in [-0.2, -0.15) is 0 Å². The van der Waals surface area contributed by atoms with Crippen molar-refractivity contribution in [1.29, 1.82) is 0 Å². The lowest BCUT2D eigenvalue weighted by atomic mass is 10.0. The van der Waals surface area contributed by atoms with E-state index >= 15 is 0 Å². The van der Waals surface area contributed by atoms with Crippen molar-refractivity contribution < 1.29 is 19.1 Å². The van der Waals surface area contributed by atoms with E-state index in [0.29, 0.717) is 32.6 Å². The predicted molar refractivity (Wildman–Crippen MR) is 127 cm³/mol. The Morgan fingerprint density at radius 1 is 0.939 bits per heavy atom. The van der Waals surface area contributed by atoms with Crippen LogP contribution >= 0.6 is 23.2 Å². The smallest absolute Gasteiger partial charge is 0.335 e. The predicted octanol–water partition coefficient (Wildman–Crippen LogP) is 5.55. The minimum atomic E-state index is -0.834. The zero-order valence-electron chi connectivity index (χ0n) is 17.5. The highest BCUT2D eigenvalue weighted by Gasteiger charge is 2.37. The van der Waals surface area contributed by atoms with Crippen LogP contribution in [0.3, 0.4) is 0 Å². The van der Waals surface area contributed by atoms with Crippen LogP contribution in [0.15, 0.2) is 72.3 Å². The number of nitrogens with zero attached hydrogens (tertiary/aromatic N) is 1. The number of carbonyl (C=O) groups is 3. The molecular formula is C25H18Cl2N2O4. The number of aryl methyl sites for hydroxylation is 1. The second-order valence-corrected chi connectivity index (χ2v) is 8.21. The van der Waals surface area contributed by atoms with Gasteiger partial charge >= 0.3 is 6.03 Å². The number of imide groups is 2. The van der Waals surface area contributed by atoms with Gasteiger partial charge in [-0.3, -0.25) is 14.9 Å². The molecule has 3 aromatic carbocycles. The van der Waals surface area contributed by atoms with Crippen LogP contribution in [-0.2, 0) is 16.2 Å². The number of carbonyl (C=O) groups excluding carboxylic acids is 3. The van der Waals surface area contributed by atoms with E-state index in [1.54, 1.807) is 55.5 Å². The maximum absolute atomic E-state index is 13.2. The molecule has 0 saturated carbocycles. The summed E-state index contributed by atoms with van der Waals surface area (Å²) in [6.45, 7) is 2.01. The van der Waals surface area contributed by atoms with Crippen molar-refractivity contribution in [1.82, 2.24) is 5.32 Å². The van der Waals surface area contributed by atoms with Crippen molar-refractivity contribution in [3.8, 4) is 5.75 Å². The van der Waals surface area contributed by atoms with E-state index in [1.165, 1.54) is 12.1 Å². The highest BCUT2D eigenvalue weighted by atomic mass is 35.5. The van der Waals surface area contributed by atoms with Crippen molar-refractivity contribution in [3.05, 3.63) is 99.0 Å². The molecule has 4 amide bonds. The van der Waals surface area contributed by atoms with Crippen LogP contribution < -0.4 is 15.0 Å². The zero-order chi connectivity index (χ0) is 23.5. The van der Waals surface area contributed by atoms with Crippen LogP contribution in [0.5, 0.6) is 5.75 Å². The third kappa shape index (κ3) is 4.92. The van der Waals surface area contributed by atoms with Crippen LogP contribution in [0.25, 0.3) is 6.08 Å². The average molecular weight is 481 g/mol. The number of amides is 4. The fourth-order valence-electron chi connectivity index (χ4n) is 3.33. The molecule has 1 saturated heterocycles. The van der Waals surface area contributed by atoms with Gasteiger partial charge in [-0.05, 0) is 54.5 Å². The third-order valence-corrected chi connectivity index (χ3v) is 5.53. The number of hydrogen-bond donors (Lipinski definition) is 1. The summed E-state index contributed by atoms with van der Waals surface area (Å²) < 4.78 is 5.91. The summed E-state index contributed by atoms with van der Waals surface area (Å²) in [6.07, 6.45) is 1.41. The standard InChI is InChI=1S/C25H18Cl2N2O4/c1-15-6-9-19(27)13-21(15)29-24(31)20(23(30)28-25(29)32)12-17-4-2-3-5-22(17)33-14-16-7-10-18(26)11-8-16/h2-13H,14H2,1H3,(H,28,30,32)/b20-12+. The third-order valence-electron chi connectivity index (χ3n) is 5.04. The Morgan fingerprint density at radius 3 is 2.39 bits per heavy atom. The molecule has 1 heterocycles. The fourth-order valence-corrected chi connectivity index (χ4v) is 3.62. The number of rotatable bonds is 5. The van der Waals surface area contributed by atoms with Gasteiger partial charge in [0.15, 0.2) is 0 Å². The molecule has 33 heavy (non-hydrogen) atoms. The molecular weight excluding hydrogens is 463 g/mol. The topological polar surface area (TPSA) is 75.7 Å². The lowest BCUT2D eigenvalue weighted by Gasteiger charge is -2.27. The van der Waals surface area contributed by atoms with Gasteiger partial charge in [0.05, 0.1) is 5.69 Å². The maximum Gasteiger partial charge on any atom is 0.335 e. The van der Waals surface area contributed by atoms with Crippen LogP contribution in [0.4, 0.5) is 10.5 Å². The summed E-state index contributed by atoms with van der Waals surface area (Å²) in [5.74, 6) is -1.06. The number of para-hydroxylation sites is 1. The lowest BCUT2D eigenvalue weighted by Crippen LogP contribution is -2.54. The molecule has 0 atom stereocenters. The van der Waals surface area contributed by atoms with E-state index in [0.717, 1.165) is 10.5 Å². The Labute approximate surface area is 200 Å². The van der Waals surface area contributed by atoms with Gasteiger partial charge in [-0.15, -0.1) is 0 Å². The molecule has 1 aliphatic rings. The van der Waals surface area contributed by atoms with Crippen LogP contribution in [0, 0.1) is 6.92 Å². The minimum absolute atomic E-state index is 0.198. The van der Waals surface area contributed by atoms with E-state index in [2.05, 4.69) is 5.32 Å². The fraction of sp³-hybridized carbons (Fsp3) is 0.0800. The molecule has 1 fully saturated rings. The first kappa shape index (κ1) is 22.6. The minimum Gasteiger partial charge on any atom is -0.488 e. The first-order valence-corrected chi connectivity index (χ1v) is 10.7. The molecule has 1 aliphatic heterocycles. The van der Waals surface area contributed by atoms with Gasteiger partial charge in [0.1, 0.15) is 17.9 Å². The Kier molecular flexibility index (Phi) is 6.49. The van der Waals surface area contributed by atoms with Gasteiger partial charge in [-0.25, -0.2) is 9.69 Å². The second-order valence-electron chi connectivity index (χ2n) is 7.34. The highest BCUT2D eigenvalue weighted by Crippen LogP contribution is 2.29. The number of hydrogen-bond acceptors (Lipinski definition) is 4. The molecule has 3 aromatic rings. The molecule has 0 bridgehead atoms. The second kappa shape index (κ2) is 9.48. The van der Waals surface area contributed by atoms with Crippen molar-refractivity contribution >= 4 is 52.8 Å². The van der Waals surface area contributed by atoms with Crippen molar-refractivity contribution in [2.24, 2.45) is 0 Å². The van der Waals surface area contributed by atoms with Gasteiger partial charge in [-0.1, -0.05) is 59.6 Å². The number of anilines is 1. The Bertz CT molecular complexity index is 1290. The van der Waals surface area contributed by atoms with E-state index in [9.17, 15) is 14.4 Å². The molecule has 0 aliphatic carbocycles. The van der Waals surface area contributed by atoms with Gasteiger partial charge in [0.25, 0.3) is 11.8 Å². The number of nitrogens with one attached hydrogen (secondary N) is 1. The number of urea groups is 1. The van der Waals surface area contributed by atoms with Gasteiger partial charge < -0.3 is 4.74 Å². The highest BCUT2D eigenvalue weighted by molar-refractivity contribution is 6.39. The molecule has 4 rings (SSSR count). The Hall–Kier alpha value is -3.61. The summed E-state index contributed by atoms with van der Waals surface area (Å²) >= 11 is 12.0. The number of ether oxygens (including phenoxy) is 1. The molecule has 0 aromatic heterocycles. The van der Waals surface area contributed by atoms with E-state index in [-0.39, 0.29) is 12.2 Å². The van der Waals surface area contributed by atoms with Crippen LogP contribution in [0.1, 0.15) is 16.7 Å². The number of halogens is 2.